The number of carbonyl (C=O) groups is 2. The van der Waals surface area contributed by atoms with Crippen LogP contribution in [0.2, 0.25) is 0 Å². The van der Waals surface area contributed by atoms with E-state index in [9.17, 15) is 24.0 Å². The molecule has 4 aromatic heterocycles. The Morgan fingerprint density at radius 1 is 1.18 bits per heavy atom. The third kappa shape index (κ3) is 6.62. The molecule has 0 aromatic carbocycles. The molecule has 4 aromatic rings. The van der Waals surface area contributed by atoms with Gasteiger partial charge in [0.25, 0.3) is 0 Å². The lowest BCUT2D eigenvalue weighted by Crippen LogP contribution is -2.35. The van der Waals surface area contributed by atoms with Gasteiger partial charge in [-0.05, 0) is 45.4 Å². The number of hydrogen-bond donors (Lipinski definition) is 2. The molecule has 0 amide bonds. The van der Waals surface area contributed by atoms with Gasteiger partial charge in [0.2, 0.25) is 11.7 Å². The number of aromatic nitrogens is 4. The monoisotopic (exact) mass is 698 g/mol. The predicted octanol–water partition coefficient (Wildman–Crippen LogP) is 4.60. The molecule has 6 rings (SSSR count). The van der Waals surface area contributed by atoms with E-state index in [0.717, 1.165) is 31.7 Å². The molecule has 2 aliphatic heterocycles. The molecule has 2 saturated heterocycles. The number of ether oxygens (including phenoxy) is 3. The number of rotatable bonds is 9. The van der Waals surface area contributed by atoms with Crippen LogP contribution in [-0.4, -0.2) is 88.7 Å². The maximum absolute atomic E-state index is 14.0. The van der Waals surface area contributed by atoms with E-state index in [4.69, 9.17) is 19.2 Å². The summed E-state index contributed by atoms with van der Waals surface area (Å²) in [6.45, 7) is 10.5. The molecule has 2 aliphatic rings. The summed E-state index contributed by atoms with van der Waals surface area (Å²) in [6.07, 6.45) is 3.99. The number of H-pyrrole nitrogens is 1. The number of likely N-dealkylation sites (tertiary alicyclic amines) is 1. The summed E-state index contributed by atoms with van der Waals surface area (Å²) in [5.41, 5.74) is 2.69. The minimum atomic E-state index is -1.32. The highest BCUT2D eigenvalue weighted by molar-refractivity contribution is 6.05. The summed E-state index contributed by atoms with van der Waals surface area (Å²) in [5.74, 6) is -1.27. The van der Waals surface area contributed by atoms with Gasteiger partial charge in [-0.15, -0.1) is 0 Å². The maximum atomic E-state index is 14.0. The van der Waals surface area contributed by atoms with Crippen LogP contribution in [0.4, 0.5) is 14.9 Å². The second-order valence-corrected chi connectivity index (χ2v) is 13.1. The third-order valence-corrected chi connectivity index (χ3v) is 9.17. The fraction of sp³-hybridized carbons (Fsp3) is 0.389. The molecule has 3 atom stereocenters. The number of allylic oxidation sites excluding steroid dienone is 2. The minimum Gasteiger partial charge on any atom is -0.431 e. The highest BCUT2D eigenvalue weighted by Crippen LogP contribution is 2.45. The Morgan fingerprint density at radius 2 is 1.94 bits per heavy atom. The zero-order valence-electron chi connectivity index (χ0n) is 29.2. The Kier molecular flexibility index (Phi) is 9.54. The number of halogens is 1. The number of nitrogens with zero attached hydrogens (tertiary/aromatic N) is 6. The van der Waals surface area contributed by atoms with Gasteiger partial charge in [0.05, 0.1) is 39.5 Å². The van der Waals surface area contributed by atoms with Gasteiger partial charge in [-0.3, -0.25) is 4.79 Å². The maximum Gasteiger partial charge on any atom is 0.511 e. The number of fused-ring (bicyclic) bond motifs is 3. The lowest BCUT2D eigenvalue weighted by molar-refractivity contribution is -0.0867. The van der Waals surface area contributed by atoms with Crippen molar-refractivity contribution in [1.82, 2.24) is 29.7 Å². The van der Waals surface area contributed by atoms with Gasteiger partial charge in [-0.25, -0.2) is 23.9 Å². The largest absolute Gasteiger partial charge is 0.511 e. The Labute approximate surface area is 293 Å². The van der Waals surface area contributed by atoms with Crippen LogP contribution in [-0.2, 0) is 21.3 Å². The molecule has 1 unspecified atom stereocenters. The first-order chi connectivity index (χ1) is 24.3. The van der Waals surface area contributed by atoms with Crippen molar-refractivity contribution >= 4 is 45.6 Å². The molecule has 15 heteroatoms. The van der Waals surface area contributed by atoms with Gasteiger partial charge in [-0.2, -0.15) is 5.26 Å². The summed E-state index contributed by atoms with van der Waals surface area (Å²) in [6, 6.07) is 4.12. The number of likely N-dealkylation sites (N-methyl/N-ethyl adjacent to an activating group) is 1. The molecular formula is C36H39FN8O6. The van der Waals surface area contributed by atoms with Crippen molar-refractivity contribution in [2.45, 2.75) is 45.6 Å². The summed E-state index contributed by atoms with van der Waals surface area (Å²) in [4.78, 5) is 56.1. The first-order valence-electron chi connectivity index (χ1n) is 16.5. The quantitative estimate of drug-likeness (QED) is 0.142. The predicted molar refractivity (Wildman–Crippen MR) is 188 cm³/mol. The van der Waals surface area contributed by atoms with Crippen LogP contribution in [0.5, 0.6) is 0 Å². The molecule has 51 heavy (non-hydrogen) atoms. The number of anilines is 1. The summed E-state index contributed by atoms with van der Waals surface area (Å²) >= 11 is 0. The fourth-order valence-corrected chi connectivity index (χ4v) is 7.09. The number of nitrogens with one attached hydrogen (secondary N) is 2. The zero-order chi connectivity index (χ0) is 36.7. The van der Waals surface area contributed by atoms with Crippen molar-refractivity contribution in [2.24, 2.45) is 13.0 Å². The fourth-order valence-electron chi connectivity index (χ4n) is 7.09. The lowest BCUT2D eigenvalue weighted by Gasteiger charge is -2.29. The van der Waals surface area contributed by atoms with Gasteiger partial charge in [-0.1, -0.05) is 6.58 Å². The van der Waals surface area contributed by atoms with E-state index in [2.05, 4.69) is 44.8 Å². The molecule has 14 nitrogen and oxygen atoms in total. The number of carbonyl (C=O) groups excluding carboxylic acids is 2. The standard InChI is InChI=1S/C36H39FN8O6/c1-18(2)49-36(48)51-20(4)50-35(47)26-16-44(7)34-23(32(26)46)11-22(13-41-34)25-14-40-33-29(24(12-38)30(42-33)27(39-5)10-19(3)37)31(25)45-9-8-21-15-43(6)17-28(21)45/h10-11,13-14,16,18,20-21,28,39H,3,8-9,15,17H2,1-2,4-7H3,(H,40,42)/b27-10+/t20?,21-,28+/m0/s1. The number of aromatic amines is 1. The molecule has 0 saturated carbocycles. The molecule has 2 N–H and O–H groups in total. The van der Waals surface area contributed by atoms with Gasteiger partial charge >= 0.3 is 12.1 Å². The van der Waals surface area contributed by atoms with Crippen LogP contribution in [0.15, 0.2) is 47.9 Å². The zero-order valence-corrected chi connectivity index (χ0v) is 29.2. The van der Waals surface area contributed by atoms with Crippen LogP contribution in [0, 0.1) is 17.2 Å². The topological polar surface area (TPSA) is 168 Å². The molecule has 6 heterocycles. The van der Waals surface area contributed by atoms with Gasteiger partial charge < -0.3 is 38.9 Å². The molecule has 0 spiro atoms. The summed E-state index contributed by atoms with van der Waals surface area (Å²) < 4.78 is 30.7. The number of aryl methyl sites for hydroxylation is 1. The molecular weight excluding hydrogens is 659 g/mol. The number of pyridine rings is 3. The highest BCUT2D eigenvalue weighted by Gasteiger charge is 2.42. The van der Waals surface area contributed by atoms with Crippen molar-refractivity contribution in [3.8, 4) is 17.2 Å². The van der Waals surface area contributed by atoms with Gasteiger partial charge in [0, 0.05) is 76.4 Å². The molecule has 266 valence electrons. The van der Waals surface area contributed by atoms with E-state index in [-0.39, 0.29) is 22.6 Å². The van der Waals surface area contributed by atoms with Gasteiger partial charge in [0.1, 0.15) is 28.8 Å². The van der Waals surface area contributed by atoms with E-state index in [1.54, 1.807) is 46.4 Å². The summed E-state index contributed by atoms with van der Waals surface area (Å²) in [5, 5.41) is 14.2. The average molecular weight is 699 g/mol. The average Bonchev–Trinajstić information content (AvgIpc) is 3.75. The molecule has 0 radical (unpaired) electrons. The highest BCUT2D eigenvalue weighted by atomic mass is 19.1. The summed E-state index contributed by atoms with van der Waals surface area (Å²) in [7, 11) is 5.35. The van der Waals surface area contributed by atoms with Crippen LogP contribution in [0.3, 0.4) is 0 Å². The van der Waals surface area contributed by atoms with E-state index in [0.29, 0.717) is 45.1 Å². The lowest BCUT2D eigenvalue weighted by atomic mass is 9.99. The van der Waals surface area contributed by atoms with Crippen LogP contribution in [0.1, 0.15) is 48.8 Å². The molecule has 0 bridgehead atoms. The van der Waals surface area contributed by atoms with E-state index in [1.807, 2.05) is 0 Å². The van der Waals surface area contributed by atoms with Crippen molar-refractivity contribution in [2.75, 3.05) is 38.6 Å². The normalized spacial score (nSPS) is 18.2. The third-order valence-electron chi connectivity index (χ3n) is 9.17. The Morgan fingerprint density at radius 3 is 2.63 bits per heavy atom. The van der Waals surface area contributed by atoms with Crippen LogP contribution in [0.25, 0.3) is 38.9 Å². The van der Waals surface area contributed by atoms with E-state index in [1.165, 1.54) is 23.8 Å². The van der Waals surface area contributed by atoms with E-state index >= 15 is 0 Å². The van der Waals surface area contributed by atoms with E-state index < -0.39 is 35.8 Å². The Bertz CT molecular complexity index is 2200. The smallest absolute Gasteiger partial charge is 0.431 e. The Hall–Kier alpha value is -5.75. The van der Waals surface area contributed by atoms with Crippen molar-refractivity contribution < 1.29 is 28.2 Å². The van der Waals surface area contributed by atoms with Crippen LogP contribution >= 0.6 is 0 Å². The molecule has 2 fully saturated rings. The van der Waals surface area contributed by atoms with Crippen molar-refractivity contribution in [3.63, 3.8) is 0 Å². The van der Waals surface area contributed by atoms with Crippen molar-refractivity contribution in [3.05, 3.63) is 70.2 Å². The minimum absolute atomic E-state index is 0.139. The first-order valence-corrected chi connectivity index (χ1v) is 16.5. The number of esters is 1. The van der Waals surface area contributed by atoms with Gasteiger partial charge in [0.15, 0.2) is 0 Å². The Balaban J connectivity index is 1.50. The van der Waals surface area contributed by atoms with Crippen molar-refractivity contribution in [1.29, 1.82) is 5.26 Å². The number of nitriles is 1. The second kappa shape index (κ2) is 13.9. The second-order valence-electron chi connectivity index (χ2n) is 13.1. The van der Waals surface area contributed by atoms with Crippen LogP contribution < -0.4 is 15.6 Å². The SMILES string of the molecule is C=C(F)/C=C(/NC)c1[nH]c2ncc(-c3cnc4c(c3)c(=O)c(C(=O)OC(C)OC(=O)OC(C)C)cn4C)c(N3CC[C@H]4CN(C)C[C@H]43)c2c1C#N. The molecule has 0 aliphatic carbocycles. The number of hydrogen-bond acceptors (Lipinski definition) is 12. The first kappa shape index (κ1) is 35.1.